The zero-order valence-electron chi connectivity index (χ0n) is 5.29. The molecule has 3 heteroatoms. The summed E-state index contributed by atoms with van der Waals surface area (Å²) < 4.78 is 0. The maximum atomic E-state index is 9.85. The molecule has 0 heterocycles. The smallest absolute Gasteiger partial charge is 0.331 e. The molecule has 0 aromatic rings. The summed E-state index contributed by atoms with van der Waals surface area (Å²) in [5.41, 5.74) is 0. The molecule has 0 saturated carbocycles. The quantitative estimate of drug-likeness (QED) is 0.447. The van der Waals surface area contributed by atoms with Crippen molar-refractivity contribution in [3.8, 4) is 0 Å². The van der Waals surface area contributed by atoms with E-state index in [4.69, 9.17) is 10.2 Å². The molecule has 0 fully saturated rings. The number of aliphatic hydroxyl groups excluding tert-OH is 1. The van der Waals surface area contributed by atoms with Gasteiger partial charge in [-0.1, -0.05) is 6.92 Å². The molecule has 0 spiro atoms. The summed E-state index contributed by atoms with van der Waals surface area (Å²) in [5.74, 6) is -1.16. The lowest BCUT2D eigenvalue weighted by Gasteiger charge is -1.91. The van der Waals surface area contributed by atoms with Crippen LogP contribution < -0.4 is 0 Å². The first-order valence-corrected chi connectivity index (χ1v) is 2.79. The average Bonchev–Trinajstić information content (AvgIpc) is 1.63. The Morgan fingerprint density at radius 2 is 2.11 bits per heavy atom. The molecule has 0 atom stereocenters. The molecule has 0 unspecified atom stereocenters. The Hall–Kier alpha value is -0.990. The van der Waals surface area contributed by atoms with Crippen LogP contribution in [-0.2, 0) is 4.79 Å². The summed E-state index contributed by atoms with van der Waals surface area (Å²) in [6, 6.07) is 0. The second kappa shape index (κ2) is 3.95. The zero-order chi connectivity index (χ0) is 7.28. The van der Waals surface area contributed by atoms with Crippen LogP contribution in [0.5, 0.6) is 0 Å². The van der Waals surface area contributed by atoms with Crippen LogP contribution in [0.15, 0.2) is 11.8 Å². The number of carboxylic acid groups (broad SMARTS) is 1. The van der Waals surface area contributed by atoms with Gasteiger partial charge in [0, 0.05) is 6.42 Å². The van der Waals surface area contributed by atoms with Gasteiger partial charge in [-0.05, 0) is 6.42 Å². The Morgan fingerprint density at radius 1 is 1.56 bits per heavy atom. The third kappa shape index (κ3) is 4.87. The molecule has 0 aromatic carbocycles. The first-order valence-electron chi connectivity index (χ1n) is 2.79. The van der Waals surface area contributed by atoms with Crippen molar-refractivity contribution in [1.29, 1.82) is 0 Å². The van der Waals surface area contributed by atoms with E-state index in [0.29, 0.717) is 6.42 Å². The van der Waals surface area contributed by atoms with E-state index in [9.17, 15) is 4.79 Å². The molecule has 0 aliphatic carbocycles. The van der Waals surface area contributed by atoms with Crippen LogP contribution >= 0.6 is 0 Å². The van der Waals surface area contributed by atoms with Gasteiger partial charge < -0.3 is 10.2 Å². The minimum Gasteiger partial charge on any atom is -0.512 e. The molecule has 3 nitrogen and oxygen atoms in total. The van der Waals surface area contributed by atoms with E-state index in [0.717, 1.165) is 12.5 Å². The molecule has 0 radical (unpaired) electrons. The molecule has 0 aromatic heterocycles. The third-order valence-electron chi connectivity index (χ3n) is 0.796. The van der Waals surface area contributed by atoms with E-state index in [2.05, 4.69) is 0 Å². The molecule has 9 heavy (non-hydrogen) atoms. The highest BCUT2D eigenvalue weighted by Crippen LogP contribution is 1.98. The highest BCUT2D eigenvalue weighted by Gasteiger charge is 1.93. The minimum absolute atomic E-state index is 0.0648. The first kappa shape index (κ1) is 8.01. The van der Waals surface area contributed by atoms with Gasteiger partial charge in [-0.2, -0.15) is 0 Å². The van der Waals surface area contributed by atoms with Crippen LogP contribution in [0.3, 0.4) is 0 Å². The van der Waals surface area contributed by atoms with Gasteiger partial charge in [-0.3, -0.25) is 0 Å². The van der Waals surface area contributed by atoms with Crippen molar-refractivity contribution in [2.45, 2.75) is 19.8 Å². The monoisotopic (exact) mass is 130 g/mol. The number of hydrogen-bond acceptors (Lipinski definition) is 2. The number of carboxylic acids is 1. The highest BCUT2D eigenvalue weighted by atomic mass is 16.4. The van der Waals surface area contributed by atoms with E-state index in [1.165, 1.54) is 0 Å². The lowest BCUT2D eigenvalue weighted by atomic mass is 10.3. The van der Waals surface area contributed by atoms with E-state index in [-0.39, 0.29) is 5.76 Å². The molecule has 0 saturated heterocycles. The van der Waals surface area contributed by atoms with Gasteiger partial charge in [0.15, 0.2) is 0 Å². The molecule has 2 N–H and O–H groups in total. The highest BCUT2D eigenvalue weighted by molar-refractivity contribution is 5.80. The second-order valence-electron chi connectivity index (χ2n) is 1.72. The summed E-state index contributed by atoms with van der Waals surface area (Å²) in [4.78, 5) is 9.85. The van der Waals surface area contributed by atoms with E-state index < -0.39 is 5.97 Å². The average molecular weight is 130 g/mol. The topological polar surface area (TPSA) is 57.5 Å². The Balaban J connectivity index is 3.69. The summed E-state index contributed by atoms with van der Waals surface area (Å²) in [6.45, 7) is 1.87. The maximum Gasteiger partial charge on any atom is 0.331 e. The predicted molar refractivity (Wildman–Crippen MR) is 33.3 cm³/mol. The first-order chi connectivity index (χ1) is 4.16. The van der Waals surface area contributed by atoms with Crippen LogP contribution in [-0.4, -0.2) is 16.2 Å². The van der Waals surface area contributed by atoms with Crippen LogP contribution in [0.4, 0.5) is 0 Å². The van der Waals surface area contributed by atoms with Crippen LogP contribution in [0, 0.1) is 0 Å². The molecular weight excluding hydrogens is 120 g/mol. The molecule has 0 aliphatic heterocycles. The largest absolute Gasteiger partial charge is 0.512 e. The predicted octanol–water partition coefficient (Wildman–Crippen LogP) is 1.31. The standard InChI is InChI=1S/C6H10O3/c1-2-3-5(7)4-6(8)9/h4,7H,2-3H2,1H3,(H,8,9). The molecule has 0 aliphatic rings. The van der Waals surface area contributed by atoms with Gasteiger partial charge in [-0.25, -0.2) is 4.79 Å². The van der Waals surface area contributed by atoms with Gasteiger partial charge in [-0.15, -0.1) is 0 Å². The molecular formula is C6H10O3. The summed E-state index contributed by atoms with van der Waals surface area (Å²) >= 11 is 0. The number of hydrogen-bond donors (Lipinski definition) is 2. The third-order valence-corrected chi connectivity index (χ3v) is 0.796. The molecule has 0 amide bonds. The van der Waals surface area contributed by atoms with Crippen molar-refractivity contribution in [3.05, 3.63) is 11.8 Å². The Kier molecular flexibility index (Phi) is 3.51. The summed E-state index contributed by atoms with van der Waals surface area (Å²) in [6.07, 6.45) is 2.01. The maximum absolute atomic E-state index is 9.85. The SMILES string of the molecule is CCCC(O)=CC(=O)O. The lowest BCUT2D eigenvalue weighted by Crippen LogP contribution is -1.91. The Morgan fingerprint density at radius 3 is 2.44 bits per heavy atom. The van der Waals surface area contributed by atoms with Crippen molar-refractivity contribution in [1.82, 2.24) is 0 Å². The number of aliphatic carboxylic acids is 1. The van der Waals surface area contributed by atoms with Gasteiger partial charge in [0.05, 0.1) is 11.8 Å². The Labute approximate surface area is 53.6 Å². The Bertz CT molecular complexity index is 126. The van der Waals surface area contributed by atoms with E-state index in [1.54, 1.807) is 0 Å². The van der Waals surface area contributed by atoms with Gasteiger partial charge in [0.25, 0.3) is 0 Å². The fourth-order valence-electron chi connectivity index (χ4n) is 0.471. The normalized spacial score (nSPS) is 11.4. The fourth-order valence-corrected chi connectivity index (χ4v) is 0.471. The lowest BCUT2D eigenvalue weighted by molar-refractivity contribution is -0.131. The van der Waals surface area contributed by atoms with E-state index in [1.807, 2.05) is 6.92 Å². The van der Waals surface area contributed by atoms with E-state index >= 15 is 0 Å². The van der Waals surface area contributed by atoms with Crippen molar-refractivity contribution < 1.29 is 15.0 Å². The number of rotatable bonds is 3. The summed E-state index contributed by atoms with van der Waals surface area (Å²) in [7, 11) is 0. The number of carbonyl (C=O) groups is 1. The van der Waals surface area contributed by atoms with Crippen molar-refractivity contribution in [3.63, 3.8) is 0 Å². The van der Waals surface area contributed by atoms with Gasteiger partial charge in [0.2, 0.25) is 0 Å². The van der Waals surface area contributed by atoms with Crippen LogP contribution in [0.1, 0.15) is 19.8 Å². The van der Waals surface area contributed by atoms with Crippen LogP contribution in [0.2, 0.25) is 0 Å². The van der Waals surface area contributed by atoms with Crippen molar-refractivity contribution >= 4 is 5.97 Å². The van der Waals surface area contributed by atoms with Crippen molar-refractivity contribution in [2.75, 3.05) is 0 Å². The van der Waals surface area contributed by atoms with Gasteiger partial charge >= 0.3 is 5.97 Å². The molecule has 0 bridgehead atoms. The zero-order valence-corrected chi connectivity index (χ0v) is 5.29. The fraction of sp³-hybridized carbons (Fsp3) is 0.500. The minimum atomic E-state index is -1.10. The number of aliphatic hydroxyl groups is 1. The molecule has 0 rings (SSSR count). The summed E-state index contributed by atoms with van der Waals surface area (Å²) in [5, 5.41) is 16.8. The number of allylic oxidation sites excluding steroid dienone is 1. The van der Waals surface area contributed by atoms with Crippen LogP contribution in [0.25, 0.3) is 0 Å². The van der Waals surface area contributed by atoms with Crippen molar-refractivity contribution in [2.24, 2.45) is 0 Å². The molecule has 52 valence electrons. The second-order valence-corrected chi connectivity index (χ2v) is 1.72. The van der Waals surface area contributed by atoms with Gasteiger partial charge in [0.1, 0.15) is 0 Å².